The molecule has 2 N–H and O–H groups in total. The highest BCUT2D eigenvalue weighted by Crippen LogP contribution is 2.49. The summed E-state index contributed by atoms with van der Waals surface area (Å²) in [7, 11) is 0. The van der Waals surface area contributed by atoms with Crippen molar-refractivity contribution in [2.24, 2.45) is 11.3 Å². The molecule has 3 aliphatic heterocycles. The standard InChI is InChI=1S/C32H41N5O4/c38-29-9-7-27(30(39)35-29)28-8-6-26(20-33-28)37-14-10-23(11-15-37)21-36-16-12-32(13-17-36)18-25(19-32)34-31(40)41-22-24-4-2-1-3-5-24/h1-6,8,20,23,25,27H,7,9-19,21-22H2,(H,34,40)(H,35,38,39). The van der Waals surface area contributed by atoms with Crippen LogP contribution in [0.4, 0.5) is 10.5 Å². The molecule has 3 saturated heterocycles. The molecule has 9 nitrogen and oxygen atoms in total. The number of benzene rings is 1. The lowest BCUT2D eigenvalue weighted by molar-refractivity contribution is -0.134. The highest BCUT2D eigenvalue weighted by molar-refractivity contribution is 6.00. The van der Waals surface area contributed by atoms with Gasteiger partial charge in [-0.3, -0.25) is 19.9 Å². The maximum absolute atomic E-state index is 12.2. The van der Waals surface area contributed by atoms with Gasteiger partial charge in [-0.25, -0.2) is 4.79 Å². The van der Waals surface area contributed by atoms with E-state index in [2.05, 4.69) is 31.5 Å². The predicted octanol–water partition coefficient (Wildman–Crippen LogP) is 3.99. The number of nitrogens with one attached hydrogen (secondary N) is 2. The highest BCUT2D eigenvalue weighted by atomic mass is 16.5. The molecule has 1 aromatic heterocycles. The van der Waals surface area contributed by atoms with E-state index in [4.69, 9.17) is 4.74 Å². The molecule has 6 rings (SSSR count). The summed E-state index contributed by atoms with van der Waals surface area (Å²) >= 11 is 0. The first kappa shape index (κ1) is 27.7. The quantitative estimate of drug-likeness (QED) is 0.495. The van der Waals surface area contributed by atoms with Crippen LogP contribution >= 0.6 is 0 Å². The van der Waals surface area contributed by atoms with Gasteiger partial charge < -0.3 is 19.9 Å². The summed E-state index contributed by atoms with van der Waals surface area (Å²) in [4.78, 5) is 45.4. The van der Waals surface area contributed by atoms with E-state index in [1.807, 2.05) is 42.6 Å². The van der Waals surface area contributed by atoms with E-state index < -0.39 is 0 Å². The third-order valence-electron chi connectivity index (χ3n) is 9.67. The fourth-order valence-electron chi connectivity index (χ4n) is 7.14. The van der Waals surface area contributed by atoms with Crippen LogP contribution in [-0.4, -0.2) is 66.6 Å². The zero-order valence-electron chi connectivity index (χ0n) is 23.7. The minimum Gasteiger partial charge on any atom is -0.445 e. The largest absolute Gasteiger partial charge is 0.445 e. The summed E-state index contributed by atoms with van der Waals surface area (Å²) in [5.41, 5.74) is 3.25. The third kappa shape index (κ3) is 6.72. The SMILES string of the molecule is O=C1CCC(c2ccc(N3CCC(CN4CCC5(CC4)CC(NC(=O)OCc4ccccc4)C5)CC3)cn2)C(=O)N1. The molecule has 4 aliphatic rings. The number of anilines is 1. The molecule has 41 heavy (non-hydrogen) atoms. The van der Waals surface area contributed by atoms with Gasteiger partial charge in [-0.05, 0) is 87.1 Å². The summed E-state index contributed by atoms with van der Waals surface area (Å²) in [5, 5.41) is 5.48. The Hall–Kier alpha value is -3.46. The Bertz CT molecular complexity index is 1210. The fourth-order valence-corrected chi connectivity index (χ4v) is 7.14. The molecular formula is C32H41N5O4. The summed E-state index contributed by atoms with van der Waals surface area (Å²) in [5.74, 6) is -0.0532. The summed E-state index contributed by atoms with van der Waals surface area (Å²) < 4.78 is 5.40. The lowest BCUT2D eigenvalue weighted by Gasteiger charge is -2.52. The van der Waals surface area contributed by atoms with Gasteiger partial charge in [0.05, 0.1) is 23.5 Å². The van der Waals surface area contributed by atoms with Crippen LogP contribution in [0, 0.1) is 11.3 Å². The highest BCUT2D eigenvalue weighted by Gasteiger charge is 2.46. The number of aromatic nitrogens is 1. The van der Waals surface area contributed by atoms with E-state index in [1.54, 1.807) is 0 Å². The van der Waals surface area contributed by atoms with Gasteiger partial charge in [-0.2, -0.15) is 0 Å². The molecule has 3 amide bonds. The first-order valence-corrected chi connectivity index (χ1v) is 15.2. The smallest absolute Gasteiger partial charge is 0.407 e. The normalized spacial score (nSPS) is 23.6. The molecular weight excluding hydrogens is 518 g/mol. The average Bonchev–Trinajstić information content (AvgIpc) is 2.97. The number of piperidine rings is 3. The Labute approximate surface area is 242 Å². The second-order valence-electron chi connectivity index (χ2n) is 12.5. The number of imide groups is 1. The van der Waals surface area contributed by atoms with Crippen LogP contribution in [0.15, 0.2) is 48.7 Å². The minimum absolute atomic E-state index is 0.197. The lowest BCUT2D eigenvalue weighted by atomic mass is 9.60. The van der Waals surface area contributed by atoms with Crippen LogP contribution in [0.2, 0.25) is 0 Å². The zero-order valence-corrected chi connectivity index (χ0v) is 23.7. The van der Waals surface area contributed by atoms with Crippen molar-refractivity contribution >= 4 is 23.6 Å². The van der Waals surface area contributed by atoms with Crippen molar-refractivity contribution in [2.45, 2.75) is 69.9 Å². The summed E-state index contributed by atoms with van der Waals surface area (Å²) in [6.07, 6.45) is 9.39. The second kappa shape index (κ2) is 12.2. The topological polar surface area (TPSA) is 104 Å². The molecule has 1 saturated carbocycles. The third-order valence-corrected chi connectivity index (χ3v) is 9.67. The molecule has 1 atom stereocenters. The second-order valence-corrected chi connectivity index (χ2v) is 12.5. The Morgan fingerprint density at radius 1 is 1.00 bits per heavy atom. The number of ether oxygens (including phenoxy) is 1. The van der Waals surface area contributed by atoms with E-state index in [-0.39, 0.29) is 29.9 Å². The number of amides is 3. The Morgan fingerprint density at radius 2 is 1.76 bits per heavy atom. The van der Waals surface area contributed by atoms with Crippen molar-refractivity contribution < 1.29 is 19.1 Å². The minimum atomic E-state index is -0.334. The molecule has 1 aliphatic carbocycles. The van der Waals surface area contributed by atoms with Gasteiger partial charge in [-0.1, -0.05) is 30.3 Å². The average molecular weight is 560 g/mol. The lowest BCUT2D eigenvalue weighted by Crippen LogP contribution is -2.55. The van der Waals surface area contributed by atoms with Gasteiger partial charge in [-0.15, -0.1) is 0 Å². The van der Waals surface area contributed by atoms with E-state index in [0.29, 0.717) is 30.8 Å². The van der Waals surface area contributed by atoms with Gasteiger partial charge in [0.1, 0.15) is 6.61 Å². The number of alkyl carbamates (subject to hydrolysis) is 1. The number of carbonyl (C=O) groups is 3. The first-order chi connectivity index (χ1) is 19.9. The van der Waals surface area contributed by atoms with Gasteiger partial charge >= 0.3 is 6.09 Å². The number of pyridine rings is 1. The number of carbonyl (C=O) groups excluding carboxylic acids is 3. The molecule has 1 spiro atoms. The molecule has 9 heteroatoms. The van der Waals surface area contributed by atoms with Crippen molar-refractivity contribution in [1.29, 1.82) is 0 Å². The van der Waals surface area contributed by atoms with Crippen LogP contribution in [0.5, 0.6) is 0 Å². The first-order valence-electron chi connectivity index (χ1n) is 15.2. The molecule has 4 fully saturated rings. The number of likely N-dealkylation sites (tertiary alicyclic amines) is 1. The van der Waals surface area contributed by atoms with E-state index in [9.17, 15) is 14.4 Å². The van der Waals surface area contributed by atoms with E-state index >= 15 is 0 Å². The maximum Gasteiger partial charge on any atom is 0.407 e. The van der Waals surface area contributed by atoms with Crippen LogP contribution in [0.25, 0.3) is 0 Å². The van der Waals surface area contributed by atoms with Crippen LogP contribution < -0.4 is 15.5 Å². The van der Waals surface area contributed by atoms with Gasteiger partial charge in [0.25, 0.3) is 0 Å². The predicted molar refractivity (Wildman–Crippen MR) is 155 cm³/mol. The molecule has 1 unspecified atom stereocenters. The molecule has 218 valence electrons. The number of rotatable bonds is 7. The molecule has 2 aromatic rings. The van der Waals surface area contributed by atoms with Crippen LogP contribution in [0.3, 0.4) is 0 Å². The van der Waals surface area contributed by atoms with Gasteiger partial charge in [0.15, 0.2) is 0 Å². The molecule has 4 heterocycles. The molecule has 1 aromatic carbocycles. The Morgan fingerprint density at radius 3 is 2.44 bits per heavy atom. The van der Waals surface area contributed by atoms with Crippen LogP contribution in [-0.2, 0) is 20.9 Å². The Kier molecular flexibility index (Phi) is 8.23. The van der Waals surface area contributed by atoms with Crippen molar-refractivity contribution in [2.75, 3.05) is 37.6 Å². The van der Waals surface area contributed by atoms with Crippen molar-refractivity contribution in [3.8, 4) is 0 Å². The van der Waals surface area contributed by atoms with E-state index in [0.717, 1.165) is 56.0 Å². The van der Waals surface area contributed by atoms with Crippen LogP contribution in [0.1, 0.15) is 68.5 Å². The van der Waals surface area contributed by atoms with Crippen molar-refractivity contribution in [3.63, 3.8) is 0 Å². The van der Waals surface area contributed by atoms with Crippen molar-refractivity contribution in [3.05, 3.63) is 59.9 Å². The zero-order chi connectivity index (χ0) is 28.2. The van der Waals surface area contributed by atoms with E-state index in [1.165, 1.54) is 32.2 Å². The van der Waals surface area contributed by atoms with Gasteiger partial charge in [0.2, 0.25) is 11.8 Å². The van der Waals surface area contributed by atoms with Crippen molar-refractivity contribution in [1.82, 2.24) is 20.5 Å². The number of nitrogens with zero attached hydrogens (tertiary/aromatic N) is 3. The molecule has 0 radical (unpaired) electrons. The summed E-state index contributed by atoms with van der Waals surface area (Å²) in [6.45, 7) is 5.83. The Balaban J connectivity index is 0.878. The molecule has 0 bridgehead atoms. The maximum atomic E-state index is 12.2. The number of hydrogen-bond donors (Lipinski definition) is 2. The number of hydrogen-bond acceptors (Lipinski definition) is 7. The summed E-state index contributed by atoms with van der Waals surface area (Å²) in [6, 6.07) is 14.0. The monoisotopic (exact) mass is 559 g/mol. The van der Waals surface area contributed by atoms with Gasteiger partial charge in [0, 0.05) is 32.1 Å². The fraction of sp³-hybridized carbons (Fsp3) is 0.562.